The average Bonchev–Trinajstić information content (AvgIpc) is 2.39. The van der Waals surface area contributed by atoms with Crippen LogP contribution in [-0.4, -0.2) is 4.92 Å². The predicted octanol–water partition coefficient (Wildman–Crippen LogP) is 3.55. The van der Waals surface area contributed by atoms with E-state index in [2.05, 4.69) is 13.0 Å². The van der Waals surface area contributed by atoms with Gasteiger partial charge in [-0.2, -0.15) is 0 Å². The quantitative estimate of drug-likeness (QED) is 0.593. The SMILES string of the molecule is CC(c1[c]cccc1)c1ccc([N+](=O)[O-])cc1. The molecule has 0 aromatic heterocycles. The molecule has 2 rings (SSSR count). The summed E-state index contributed by atoms with van der Waals surface area (Å²) in [6.45, 7) is 2.06. The van der Waals surface area contributed by atoms with Gasteiger partial charge in [-0.1, -0.05) is 43.3 Å². The lowest BCUT2D eigenvalue weighted by Gasteiger charge is -2.11. The summed E-state index contributed by atoms with van der Waals surface area (Å²) in [4.78, 5) is 10.2. The minimum atomic E-state index is -0.386. The Morgan fingerprint density at radius 1 is 1.18 bits per heavy atom. The van der Waals surface area contributed by atoms with Crippen LogP contribution in [0.3, 0.4) is 0 Å². The second kappa shape index (κ2) is 4.78. The summed E-state index contributed by atoms with van der Waals surface area (Å²) >= 11 is 0. The third-order valence-electron chi connectivity index (χ3n) is 2.80. The lowest BCUT2D eigenvalue weighted by Crippen LogP contribution is -1.96. The lowest BCUT2D eigenvalue weighted by atomic mass is 9.93. The fraction of sp³-hybridized carbons (Fsp3) is 0.143. The number of nitro benzene ring substituents is 1. The van der Waals surface area contributed by atoms with Crippen molar-refractivity contribution in [1.82, 2.24) is 0 Å². The zero-order valence-corrected chi connectivity index (χ0v) is 9.46. The van der Waals surface area contributed by atoms with E-state index in [-0.39, 0.29) is 16.5 Å². The maximum atomic E-state index is 10.6. The van der Waals surface area contributed by atoms with Gasteiger partial charge in [0.1, 0.15) is 0 Å². The number of non-ortho nitro benzene ring substituents is 1. The van der Waals surface area contributed by atoms with Gasteiger partial charge in [0.2, 0.25) is 0 Å². The molecule has 0 amide bonds. The van der Waals surface area contributed by atoms with Crippen molar-refractivity contribution < 1.29 is 4.92 Å². The van der Waals surface area contributed by atoms with E-state index in [1.54, 1.807) is 12.1 Å². The highest BCUT2D eigenvalue weighted by atomic mass is 16.6. The summed E-state index contributed by atoms with van der Waals surface area (Å²) in [5, 5.41) is 10.6. The van der Waals surface area contributed by atoms with Gasteiger partial charge in [0.15, 0.2) is 0 Å². The van der Waals surface area contributed by atoms with Gasteiger partial charge in [-0.15, -0.1) is 0 Å². The van der Waals surface area contributed by atoms with Crippen LogP contribution in [0, 0.1) is 16.2 Å². The largest absolute Gasteiger partial charge is 0.269 e. The molecular weight excluding hydrogens is 214 g/mol. The molecule has 0 bridgehead atoms. The maximum absolute atomic E-state index is 10.6. The summed E-state index contributed by atoms with van der Waals surface area (Å²) in [7, 11) is 0. The van der Waals surface area contributed by atoms with Gasteiger partial charge >= 0.3 is 0 Å². The molecule has 1 atom stereocenters. The summed E-state index contributed by atoms with van der Waals surface area (Å²) in [6, 6.07) is 17.6. The van der Waals surface area contributed by atoms with Gasteiger partial charge in [-0.05, 0) is 17.2 Å². The third kappa shape index (κ3) is 2.50. The Hall–Kier alpha value is -2.16. The Labute approximate surface area is 99.9 Å². The number of nitro groups is 1. The molecule has 85 valence electrons. The molecule has 0 aliphatic carbocycles. The molecule has 3 heteroatoms. The van der Waals surface area contributed by atoms with Gasteiger partial charge in [0, 0.05) is 18.1 Å². The molecule has 1 radical (unpaired) electrons. The summed E-state index contributed by atoms with van der Waals surface area (Å²) in [5.74, 6) is 0.192. The first-order valence-electron chi connectivity index (χ1n) is 5.39. The number of nitrogens with zero attached hydrogens (tertiary/aromatic N) is 1. The first-order valence-corrected chi connectivity index (χ1v) is 5.39. The van der Waals surface area contributed by atoms with E-state index in [0.29, 0.717) is 0 Å². The standard InChI is InChI=1S/C14H12NO2/c1-11(12-5-3-2-4-6-12)13-7-9-14(10-8-13)15(16)17/h2-5,7-11H,1H3. The number of hydrogen-bond donors (Lipinski definition) is 0. The normalized spacial score (nSPS) is 12.1. The smallest absolute Gasteiger partial charge is 0.258 e. The van der Waals surface area contributed by atoms with Crippen molar-refractivity contribution in [2.24, 2.45) is 0 Å². The lowest BCUT2D eigenvalue weighted by molar-refractivity contribution is -0.384. The van der Waals surface area contributed by atoms with Gasteiger partial charge in [-0.3, -0.25) is 10.1 Å². The molecule has 0 saturated carbocycles. The van der Waals surface area contributed by atoms with E-state index in [1.165, 1.54) is 12.1 Å². The van der Waals surface area contributed by atoms with Gasteiger partial charge in [-0.25, -0.2) is 0 Å². The van der Waals surface area contributed by atoms with Crippen LogP contribution in [0.25, 0.3) is 0 Å². The van der Waals surface area contributed by atoms with E-state index in [4.69, 9.17) is 0 Å². The molecule has 0 aliphatic heterocycles. The minimum absolute atomic E-state index is 0.123. The van der Waals surface area contributed by atoms with E-state index >= 15 is 0 Å². The average molecular weight is 226 g/mol. The van der Waals surface area contributed by atoms with Gasteiger partial charge < -0.3 is 0 Å². The summed E-state index contributed by atoms with van der Waals surface area (Å²) < 4.78 is 0. The zero-order chi connectivity index (χ0) is 12.3. The Bertz CT molecular complexity index is 506. The molecule has 0 aliphatic rings. The second-order valence-corrected chi connectivity index (χ2v) is 3.89. The summed E-state index contributed by atoms with van der Waals surface area (Å²) in [6.07, 6.45) is 0. The Balaban J connectivity index is 2.26. The minimum Gasteiger partial charge on any atom is -0.258 e. The van der Waals surface area contributed by atoms with E-state index < -0.39 is 0 Å². The van der Waals surface area contributed by atoms with Crippen LogP contribution in [0.4, 0.5) is 5.69 Å². The zero-order valence-electron chi connectivity index (χ0n) is 9.46. The summed E-state index contributed by atoms with van der Waals surface area (Å²) in [5.41, 5.74) is 2.26. The monoisotopic (exact) mass is 226 g/mol. The first kappa shape index (κ1) is 11.3. The third-order valence-corrected chi connectivity index (χ3v) is 2.80. The van der Waals surface area contributed by atoms with Crippen molar-refractivity contribution in [3.8, 4) is 0 Å². The number of hydrogen-bond acceptors (Lipinski definition) is 2. The highest BCUT2D eigenvalue weighted by Crippen LogP contribution is 2.25. The molecule has 0 N–H and O–H groups in total. The Morgan fingerprint density at radius 3 is 2.41 bits per heavy atom. The van der Waals surface area contributed by atoms with Crippen LogP contribution < -0.4 is 0 Å². The molecule has 0 spiro atoms. The van der Waals surface area contributed by atoms with Crippen molar-refractivity contribution in [3.05, 3.63) is 75.8 Å². The van der Waals surface area contributed by atoms with Gasteiger partial charge in [0.25, 0.3) is 5.69 Å². The van der Waals surface area contributed by atoms with Crippen LogP contribution in [0.1, 0.15) is 24.0 Å². The topological polar surface area (TPSA) is 43.1 Å². The fourth-order valence-electron chi connectivity index (χ4n) is 1.74. The van der Waals surface area contributed by atoms with Crippen molar-refractivity contribution >= 4 is 5.69 Å². The van der Waals surface area contributed by atoms with Crippen molar-refractivity contribution in [2.75, 3.05) is 0 Å². The van der Waals surface area contributed by atoms with Crippen molar-refractivity contribution in [3.63, 3.8) is 0 Å². The van der Waals surface area contributed by atoms with Crippen LogP contribution >= 0.6 is 0 Å². The molecule has 2 aromatic carbocycles. The van der Waals surface area contributed by atoms with E-state index in [0.717, 1.165) is 11.1 Å². The predicted molar refractivity (Wildman–Crippen MR) is 65.9 cm³/mol. The molecule has 3 nitrogen and oxygen atoms in total. The highest BCUT2D eigenvalue weighted by Gasteiger charge is 2.10. The molecule has 1 unspecified atom stereocenters. The number of rotatable bonds is 3. The van der Waals surface area contributed by atoms with E-state index in [1.807, 2.05) is 24.3 Å². The van der Waals surface area contributed by atoms with Crippen LogP contribution in [0.5, 0.6) is 0 Å². The second-order valence-electron chi connectivity index (χ2n) is 3.89. The first-order chi connectivity index (χ1) is 8.18. The highest BCUT2D eigenvalue weighted by molar-refractivity contribution is 5.37. The van der Waals surface area contributed by atoms with Gasteiger partial charge in [0.05, 0.1) is 4.92 Å². The van der Waals surface area contributed by atoms with Crippen LogP contribution in [0.2, 0.25) is 0 Å². The molecular formula is C14H12NO2. The van der Waals surface area contributed by atoms with Crippen molar-refractivity contribution in [2.45, 2.75) is 12.8 Å². The molecule has 2 aromatic rings. The molecule has 17 heavy (non-hydrogen) atoms. The molecule has 0 saturated heterocycles. The van der Waals surface area contributed by atoms with Crippen LogP contribution in [0.15, 0.2) is 48.5 Å². The Morgan fingerprint density at radius 2 is 1.88 bits per heavy atom. The molecule has 0 heterocycles. The van der Waals surface area contributed by atoms with Crippen molar-refractivity contribution in [1.29, 1.82) is 0 Å². The maximum Gasteiger partial charge on any atom is 0.269 e. The van der Waals surface area contributed by atoms with E-state index in [9.17, 15) is 10.1 Å². The fourth-order valence-corrected chi connectivity index (χ4v) is 1.74. The van der Waals surface area contributed by atoms with Crippen LogP contribution in [-0.2, 0) is 0 Å². The Kier molecular flexibility index (Phi) is 3.19. The number of benzene rings is 2. The molecule has 0 fully saturated rings.